The largest absolute Gasteiger partial charge is 0.320 e. The minimum Gasteiger partial charge on any atom is -0.320 e. The summed E-state index contributed by atoms with van der Waals surface area (Å²) in [5, 5.41) is 1.15. The van der Waals surface area contributed by atoms with Gasteiger partial charge in [0.1, 0.15) is 0 Å². The fourth-order valence-electron chi connectivity index (χ4n) is 1.28. The predicted molar refractivity (Wildman–Crippen MR) is 57.9 cm³/mol. The van der Waals surface area contributed by atoms with E-state index in [1.807, 2.05) is 30.3 Å². The van der Waals surface area contributed by atoms with Gasteiger partial charge in [-0.15, -0.1) is 0 Å². The third-order valence-electron chi connectivity index (χ3n) is 2.20. The number of hydrogen-bond acceptors (Lipinski definition) is 3. The topological polar surface area (TPSA) is 55.6 Å². The van der Waals surface area contributed by atoms with Crippen molar-refractivity contribution in [2.45, 2.75) is 12.5 Å². The normalized spacial score (nSPS) is 12.2. The van der Waals surface area contributed by atoms with Gasteiger partial charge in [0.25, 0.3) is 5.91 Å². The molecular weight excluding hydrogens is 192 g/mol. The predicted octanol–water partition coefficient (Wildman–Crippen LogP) is 0.576. The first-order valence-electron chi connectivity index (χ1n) is 4.76. The molecule has 0 saturated heterocycles. The van der Waals surface area contributed by atoms with Crippen LogP contribution in [-0.4, -0.2) is 31.2 Å². The van der Waals surface area contributed by atoms with Crippen LogP contribution in [0.4, 0.5) is 0 Å². The van der Waals surface area contributed by atoms with E-state index < -0.39 is 6.04 Å². The average Bonchev–Trinajstić information content (AvgIpc) is 2.28. The maximum Gasteiger partial charge on any atom is 0.263 e. The smallest absolute Gasteiger partial charge is 0.263 e. The highest BCUT2D eigenvalue weighted by Crippen LogP contribution is 2.03. The SMILES string of the molecule is CON(C)C(=O)[C@@H](N)Cc1ccccc1. The summed E-state index contributed by atoms with van der Waals surface area (Å²) in [6.45, 7) is 0. The minimum absolute atomic E-state index is 0.221. The van der Waals surface area contributed by atoms with E-state index in [0.717, 1.165) is 10.6 Å². The minimum atomic E-state index is -0.558. The molecule has 0 spiro atoms. The molecule has 0 aliphatic heterocycles. The van der Waals surface area contributed by atoms with E-state index >= 15 is 0 Å². The Kier molecular flexibility index (Phi) is 4.27. The van der Waals surface area contributed by atoms with Gasteiger partial charge in [-0.25, -0.2) is 5.06 Å². The number of hydrogen-bond donors (Lipinski definition) is 1. The molecule has 0 bridgehead atoms. The number of carbonyl (C=O) groups excluding carboxylic acids is 1. The zero-order valence-corrected chi connectivity index (χ0v) is 9.01. The molecule has 4 nitrogen and oxygen atoms in total. The summed E-state index contributed by atoms with van der Waals surface area (Å²) in [7, 11) is 2.99. The lowest BCUT2D eigenvalue weighted by molar-refractivity contribution is -0.170. The average molecular weight is 208 g/mol. The molecule has 0 aliphatic rings. The quantitative estimate of drug-likeness (QED) is 0.736. The Balaban J connectivity index is 2.56. The number of nitrogens with two attached hydrogens (primary N) is 1. The summed E-state index contributed by atoms with van der Waals surface area (Å²) in [6.07, 6.45) is 0.521. The first-order chi connectivity index (χ1) is 7.15. The summed E-state index contributed by atoms with van der Waals surface area (Å²) in [4.78, 5) is 16.3. The second kappa shape index (κ2) is 5.48. The molecule has 0 aliphatic carbocycles. The maximum atomic E-state index is 11.6. The summed E-state index contributed by atoms with van der Waals surface area (Å²) >= 11 is 0. The molecule has 1 atom stereocenters. The zero-order chi connectivity index (χ0) is 11.3. The molecule has 82 valence electrons. The Morgan fingerprint density at radius 2 is 2.07 bits per heavy atom. The van der Waals surface area contributed by atoms with Crippen molar-refractivity contribution < 1.29 is 9.63 Å². The number of benzene rings is 1. The van der Waals surface area contributed by atoms with E-state index in [9.17, 15) is 4.79 Å². The van der Waals surface area contributed by atoms with Crippen molar-refractivity contribution in [3.05, 3.63) is 35.9 Å². The van der Waals surface area contributed by atoms with Gasteiger partial charge < -0.3 is 5.73 Å². The van der Waals surface area contributed by atoms with Crippen LogP contribution in [0.1, 0.15) is 5.56 Å². The van der Waals surface area contributed by atoms with E-state index in [2.05, 4.69) is 0 Å². The Morgan fingerprint density at radius 1 is 1.47 bits per heavy atom. The molecular formula is C11H16N2O2. The molecule has 1 amide bonds. The van der Waals surface area contributed by atoms with Crippen LogP contribution >= 0.6 is 0 Å². The van der Waals surface area contributed by atoms with Crippen LogP contribution in [-0.2, 0) is 16.1 Å². The molecule has 1 aromatic rings. The highest BCUT2D eigenvalue weighted by atomic mass is 16.7. The van der Waals surface area contributed by atoms with Crippen molar-refractivity contribution in [1.82, 2.24) is 5.06 Å². The Bertz CT molecular complexity index is 314. The van der Waals surface area contributed by atoms with Crippen molar-refractivity contribution in [3.8, 4) is 0 Å². The van der Waals surface area contributed by atoms with Crippen molar-refractivity contribution in [1.29, 1.82) is 0 Å². The first-order valence-corrected chi connectivity index (χ1v) is 4.76. The number of nitrogens with zero attached hydrogens (tertiary/aromatic N) is 1. The van der Waals surface area contributed by atoms with E-state index in [-0.39, 0.29) is 5.91 Å². The van der Waals surface area contributed by atoms with E-state index in [4.69, 9.17) is 10.6 Å². The van der Waals surface area contributed by atoms with Crippen LogP contribution in [0.5, 0.6) is 0 Å². The Morgan fingerprint density at radius 3 is 2.60 bits per heavy atom. The molecule has 0 unspecified atom stereocenters. The van der Waals surface area contributed by atoms with Gasteiger partial charge in [-0.3, -0.25) is 9.63 Å². The Hall–Kier alpha value is -1.39. The molecule has 0 fully saturated rings. The molecule has 0 radical (unpaired) electrons. The van der Waals surface area contributed by atoms with Crippen LogP contribution in [0, 0.1) is 0 Å². The summed E-state index contributed by atoms with van der Waals surface area (Å²) in [5.41, 5.74) is 6.80. The summed E-state index contributed by atoms with van der Waals surface area (Å²) in [5.74, 6) is -0.221. The molecule has 0 heterocycles. The first kappa shape index (κ1) is 11.7. The van der Waals surface area contributed by atoms with Crippen molar-refractivity contribution >= 4 is 5.91 Å². The Labute approximate surface area is 89.6 Å². The van der Waals surface area contributed by atoms with E-state index in [1.165, 1.54) is 7.11 Å². The zero-order valence-electron chi connectivity index (χ0n) is 9.01. The van der Waals surface area contributed by atoms with Crippen molar-refractivity contribution in [3.63, 3.8) is 0 Å². The third-order valence-corrected chi connectivity index (χ3v) is 2.20. The van der Waals surface area contributed by atoms with Crippen LogP contribution in [0.2, 0.25) is 0 Å². The number of rotatable bonds is 4. The van der Waals surface area contributed by atoms with Crippen LogP contribution in [0.15, 0.2) is 30.3 Å². The number of likely N-dealkylation sites (N-methyl/N-ethyl adjacent to an activating group) is 1. The van der Waals surface area contributed by atoms with Gasteiger partial charge in [-0.2, -0.15) is 0 Å². The highest BCUT2D eigenvalue weighted by Gasteiger charge is 2.17. The van der Waals surface area contributed by atoms with Crippen molar-refractivity contribution in [2.24, 2.45) is 5.73 Å². The monoisotopic (exact) mass is 208 g/mol. The summed E-state index contributed by atoms with van der Waals surface area (Å²) < 4.78 is 0. The van der Waals surface area contributed by atoms with Gasteiger partial charge >= 0.3 is 0 Å². The van der Waals surface area contributed by atoms with Gasteiger partial charge in [-0.1, -0.05) is 30.3 Å². The van der Waals surface area contributed by atoms with E-state index in [0.29, 0.717) is 6.42 Å². The van der Waals surface area contributed by atoms with Gasteiger partial charge in [-0.05, 0) is 12.0 Å². The molecule has 0 saturated carbocycles. The molecule has 0 aromatic heterocycles. The van der Waals surface area contributed by atoms with E-state index in [1.54, 1.807) is 7.05 Å². The fourth-order valence-corrected chi connectivity index (χ4v) is 1.28. The van der Waals surface area contributed by atoms with Gasteiger partial charge in [0, 0.05) is 7.05 Å². The standard InChI is InChI=1S/C11H16N2O2/c1-13(15-2)11(14)10(12)8-9-6-4-3-5-7-9/h3-7,10H,8,12H2,1-2H3/t10-/m0/s1. The second-order valence-corrected chi connectivity index (χ2v) is 3.31. The lowest BCUT2D eigenvalue weighted by Gasteiger charge is -2.18. The molecule has 1 aromatic carbocycles. The lowest BCUT2D eigenvalue weighted by Crippen LogP contribution is -2.42. The summed E-state index contributed by atoms with van der Waals surface area (Å²) in [6, 6.07) is 9.11. The molecule has 1 rings (SSSR count). The lowest BCUT2D eigenvalue weighted by atomic mass is 10.1. The van der Waals surface area contributed by atoms with Crippen LogP contribution in [0.3, 0.4) is 0 Å². The third kappa shape index (κ3) is 3.34. The van der Waals surface area contributed by atoms with Crippen LogP contribution < -0.4 is 5.73 Å². The van der Waals surface area contributed by atoms with Crippen molar-refractivity contribution in [2.75, 3.05) is 14.2 Å². The van der Waals surface area contributed by atoms with Gasteiger partial charge in [0.05, 0.1) is 13.2 Å². The maximum absolute atomic E-state index is 11.6. The molecule has 2 N–H and O–H groups in total. The number of amides is 1. The van der Waals surface area contributed by atoms with Crippen LogP contribution in [0.25, 0.3) is 0 Å². The number of carbonyl (C=O) groups is 1. The molecule has 15 heavy (non-hydrogen) atoms. The number of hydroxylamine groups is 2. The van der Waals surface area contributed by atoms with Gasteiger partial charge in [0.2, 0.25) is 0 Å². The highest BCUT2D eigenvalue weighted by molar-refractivity contribution is 5.80. The second-order valence-electron chi connectivity index (χ2n) is 3.31. The fraction of sp³-hybridized carbons (Fsp3) is 0.364. The van der Waals surface area contributed by atoms with Gasteiger partial charge in [0.15, 0.2) is 0 Å². The molecule has 4 heteroatoms.